The quantitative estimate of drug-likeness (QED) is 0.352. The van der Waals surface area contributed by atoms with Crippen LogP contribution >= 0.6 is 11.6 Å². The number of hydrogen-bond acceptors (Lipinski definition) is 3. The number of nitrogens with one attached hydrogen (secondary N) is 1. The Labute approximate surface area is 124 Å². The zero-order valence-corrected chi connectivity index (χ0v) is 11.4. The summed E-state index contributed by atoms with van der Waals surface area (Å²) in [7, 11) is 0. The molecule has 0 aromatic heterocycles. The fraction of sp³-hybridized carbons (Fsp3) is 0. The van der Waals surface area contributed by atoms with Gasteiger partial charge in [0.15, 0.2) is 5.84 Å². The predicted molar refractivity (Wildman–Crippen MR) is 78.3 cm³/mol. The van der Waals surface area contributed by atoms with Crippen molar-refractivity contribution in [2.24, 2.45) is 10.9 Å². The second kappa shape index (κ2) is 6.23. The minimum Gasteiger partial charge on any atom is -0.409 e. The molecule has 0 radical (unpaired) electrons. The van der Waals surface area contributed by atoms with Crippen LogP contribution in [0.3, 0.4) is 0 Å². The zero-order chi connectivity index (χ0) is 15.4. The first kappa shape index (κ1) is 14.8. The number of nitrogens with two attached hydrogens (primary N) is 1. The summed E-state index contributed by atoms with van der Waals surface area (Å²) >= 11 is 5.75. The number of rotatable bonds is 3. The van der Waals surface area contributed by atoms with Crippen molar-refractivity contribution in [3.63, 3.8) is 0 Å². The Morgan fingerprint density at radius 3 is 2.52 bits per heavy atom. The van der Waals surface area contributed by atoms with Crippen molar-refractivity contribution in [3.8, 4) is 0 Å². The molecule has 7 heteroatoms. The molecule has 0 saturated heterocycles. The molecule has 0 aliphatic heterocycles. The Balaban J connectivity index is 2.31. The number of amides is 1. The average Bonchev–Trinajstić information content (AvgIpc) is 2.48. The molecule has 2 aromatic carbocycles. The van der Waals surface area contributed by atoms with Crippen LogP contribution in [0.5, 0.6) is 0 Å². The summed E-state index contributed by atoms with van der Waals surface area (Å²) in [5.74, 6) is -1.30. The second-order valence-electron chi connectivity index (χ2n) is 4.14. The van der Waals surface area contributed by atoms with Gasteiger partial charge in [-0.3, -0.25) is 4.79 Å². The van der Waals surface area contributed by atoms with E-state index in [1.54, 1.807) is 24.3 Å². The van der Waals surface area contributed by atoms with Gasteiger partial charge >= 0.3 is 0 Å². The van der Waals surface area contributed by atoms with Gasteiger partial charge in [0.05, 0.1) is 5.69 Å². The maximum atomic E-state index is 13.2. The van der Waals surface area contributed by atoms with Gasteiger partial charge in [-0.05, 0) is 42.5 Å². The predicted octanol–water partition coefficient (Wildman–Crippen LogP) is 2.83. The Kier molecular flexibility index (Phi) is 4.39. The lowest BCUT2D eigenvalue weighted by Crippen LogP contribution is -2.19. The first-order valence-electron chi connectivity index (χ1n) is 5.85. The third-order valence-electron chi connectivity index (χ3n) is 2.72. The second-order valence-corrected chi connectivity index (χ2v) is 4.57. The number of nitrogens with zero attached hydrogens (tertiary/aromatic N) is 1. The molecule has 1 amide bonds. The summed E-state index contributed by atoms with van der Waals surface area (Å²) in [5.41, 5.74) is 6.14. The smallest absolute Gasteiger partial charge is 0.255 e. The number of amidine groups is 1. The molecule has 5 nitrogen and oxygen atoms in total. The van der Waals surface area contributed by atoms with Gasteiger partial charge in [0, 0.05) is 16.1 Å². The van der Waals surface area contributed by atoms with Crippen molar-refractivity contribution < 1.29 is 14.4 Å². The van der Waals surface area contributed by atoms with E-state index in [-0.39, 0.29) is 17.1 Å². The lowest BCUT2D eigenvalue weighted by molar-refractivity contribution is 0.102. The maximum Gasteiger partial charge on any atom is 0.255 e. The van der Waals surface area contributed by atoms with Crippen molar-refractivity contribution in [3.05, 3.63) is 64.4 Å². The van der Waals surface area contributed by atoms with Crippen LogP contribution in [-0.2, 0) is 0 Å². The van der Waals surface area contributed by atoms with Gasteiger partial charge in [0.25, 0.3) is 5.91 Å². The fourth-order valence-electron chi connectivity index (χ4n) is 1.69. The van der Waals surface area contributed by atoms with Crippen LogP contribution in [-0.4, -0.2) is 17.0 Å². The maximum absolute atomic E-state index is 13.2. The van der Waals surface area contributed by atoms with E-state index in [0.29, 0.717) is 10.6 Å². The van der Waals surface area contributed by atoms with E-state index in [4.69, 9.17) is 22.5 Å². The third kappa shape index (κ3) is 3.49. The molecule has 0 aliphatic carbocycles. The van der Waals surface area contributed by atoms with E-state index in [1.807, 2.05) is 0 Å². The lowest BCUT2D eigenvalue weighted by Gasteiger charge is -2.10. The number of oxime groups is 1. The average molecular weight is 308 g/mol. The zero-order valence-electron chi connectivity index (χ0n) is 10.7. The molecule has 0 bridgehead atoms. The van der Waals surface area contributed by atoms with Crippen molar-refractivity contribution in [1.29, 1.82) is 0 Å². The molecule has 0 fully saturated rings. The van der Waals surface area contributed by atoms with Gasteiger partial charge in [-0.15, -0.1) is 0 Å². The third-order valence-corrected chi connectivity index (χ3v) is 2.97. The molecule has 0 spiro atoms. The molecule has 0 aliphatic rings. The Morgan fingerprint density at radius 1 is 1.24 bits per heavy atom. The van der Waals surface area contributed by atoms with E-state index >= 15 is 0 Å². The van der Waals surface area contributed by atoms with Crippen LogP contribution in [0.15, 0.2) is 47.6 Å². The summed E-state index contributed by atoms with van der Waals surface area (Å²) in [6.07, 6.45) is 0. The standard InChI is InChI=1S/C14H11ClFN3O2/c15-9-3-1-8(2-4-9)14(20)18-12-6-5-10(16)7-11(12)13(17)19-21/h1-7,21H,(H2,17,19)(H,18,20). The fourth-order valence-corrected chi connectivity index (χ4v) is 1.81. The summed E-state index contributed by atoms with van der Waals surface area (Å²) < 4.78 is 13.2. The summed E-state index contributed by atoms with van der Waals surface area (Å²) in [5, 5.41) is 14.6. The van der Waals surface area contributed by atoms with E-state index < -0.39 is 11.7 Å². The lowest BCUT2D eigenvalue weighted by atomic mass is 10.1. The highest BCUT2D eigenvalue weighted by molar-refractivity contribution is 6.30. The van der Waals surface area contributed by atoms with Crippen molar-refractivity contribution in [2.45, 2.75) is 0 Å². The molecule has 0 unspecified atom stereocenters. The largest absolute Gasteiger partial charge is 0.409 e. The monoisotopic (exact) mass is 307 g/mol. The molecule has 2 rings (SSSR count). The molecular weight excluding hydrogens is 297 g/mol. The van der Waals surface area contributed by atoms with Crippen LogP contribution in [0.25, 0.3) is 0 Å². The van der Waals surface area contributed by atoms with E-state index in [0.717, 1.165) is 12.1 Å². The first-order valence-corrected chi connectivity index (χ1v) is 6.23. The normalized spacial score (nSPS) is 11.2. The number of anilines is 1. The van der Waals surface area contributed by atoms with Crippen LogP contribution < -0.4 is 11.1 Å². The molecule has 0 heterocycles. The Hall–Kier alpha value is -2.60. The topological polar surface area (TPSA) is 87.7 Å². The number of benzene rings is 2. The molecule has 0 saturated carbocycles. The van der Waals surface area contributed by atoms with Gasteiger partial charge in [-0.1, -0.05) is 16.8 Å². The Morgan fingerprint density at radius 2 is 1.90 bits per heavy atom. The minimum absolute atomic E-state index is 0.0832. The highest BCUT2D eigenvalue weighted by Gasteiger charge is 2.12. The van der Waals surface area contributed by atoms with E-state index in [2.05, 4.69) is 10.5 Å². The van der Waals surface area contributed by atoms with Crippen LogP contribution in [0, 0.1) is 5.82 Å². The summed E-state index contributed by atoms with van der Waals surface area (Å²) in [6, 6.07) is 9.79. The molecule has 21 heavy (non-hydrogen) atoms. The van der Waals surface area contributed by atoms with Crippen LogP contribution in [0.1, 0.15) is 15.9 Å². The van der Waals surface area contributed by atoms with Crippen molar-refractivity contribution in [2.75, 3.05) is 5.32 Å². The van der Waals surface area contributed by atoms with Gasteiger partial charge < -0.3 is 16.3 Å². The molecule has 108 valence electrons. The van der Waals surface area contributed by atoms with Crippen LogP contribution in [0.2, 0.25) is 5.02 Å². The highest BCUT2D eigenvalue weighted by Crippen LogP contribution is 2.18. The van der Waals surface area contributed by atoms with Gasteiger partial charge in [-0.25, -0.2) is 4.39 Å². The number of hydrogen-bond donors (Lipinski definition) is 3. The molecule has 2 aromatic rings. The first-order chi connectivity index (χ1) is 10.0. The summed E-state index contributed by atoms with van der Waals surface area (Å²) in [6.45, 7) is 0. The SMILES string of the molecule is N/C(=N/O)c1cc(F)ccc1NC(=O)c1ccc(Cl)cc1. The van der Waals surface area contributed by atoms with Crippen molar-refractivity contribution >= 4 is 29.0 Å². The Bertz CT molecular complexity index is 702. The van der Waals surface area contributed by atoms with E-state index in [1.165, 1.54) is 6.07 Å². The number of halogens is 2. The van der Waals surface area contributed by atoms with Gasteiger partial charge in [0.1, 0.15) is 5.82 Å². The minimum atomic E-state index is -0.568. The molecular formula is C14H11ClFN3O2. The van der Waals surface area contributed by atoms with E-state index in [9.17, 15) is 9.18 Å². The van der Waals surface area contributed by atoms with Gasteiger partial charge in [-0.2, -0.15) is 0 Å². The summed E-state index contributed by atoms with van der Waals surface area (Å²) in [4.78, 5) is 12.1. The molecule has 4 N–H and O–H groups in total. The van der Waals surface area contributed by atoms with Crippen molar-refractivity contribution in [1.82, 2.24) is 0 Å². The number of carbonyl (C=O) groups excluding carboxylic acids is 1. The number of carbonyl (C=O) groups is 1. The van der Waals surface area contributed by atoms with Crippen LogP contribution in [0.4, 0.5) is 10.1 Å². The van der Waals surface area contributed by atoms with Gasteiger partial charge in [0.2, 0.25) is 0 Å². The molecule has 0 atom stereocenters. The highest BCUT2D eigenvalue weighted by atomic mass is 35.5.